The molecule has 112 valence electrons. The molecule has 2 nitrogen and oxygen atoms in total. The van der Waals surface area contributed by atoms with E-state index in [-0.39, 0.29) is 0 Å². The van der Waals surface area contributed by atoms with Crippen molar-refractivity contribution in [2.75, 3.05) is 0 Å². The molecule has 2 aromatic carbocycles. The first-order valence-electron chi connectivity index (χ1n) is 7.57. The first kappa shape index (κ1) is 14.0. The standard InChI is InChI=1S/C20H16N2S/c1-3-8-16(9-4-1)20(18-12-7-15-23-18,19-21-13-14-22-19)17-10-5-2-6-11-17/h1-15H,(H,21,22). The Bertz CT molecular complexity index is 775. The van der Waals surface area contributed by atoms with Gasteiger partial charge in [-0.2, -0.15) is 0 Å². The average Bonchev–Trinajstić information content (AvgIpc) is 3.32. The summed E-state index contributed by atoms with van der Waals surface area (Å²) in [5.74, 6) is 0.942. The van der Waals surface area contributed by atoms with Gasteiger partial charge in [-0.25, -0.2) is 4.98 Å². The van der Waals surface area contributed by atoms with E-state index in [1.54, 1.807) is 11.3 Å². The second kappa shape index (κ2) is 5.86. The van der Waals surface area contributed by atoms with Crippen LogP contribution in [-0.4, -0.2) is 9.97 Å². The maximum atomic E-state index is 4.65. The molecule has 0 radical (unpaired) electrons. The first-order valence-corrected chi connectivity index (χ1v) is 8.45. The number of aromatic amines is 1. The number of nitrogens with one attached hydrogen (secondary N) is 1. The van der Waals surface area contributed by atoms with Crippen molar-refractivity contribution in [1.29, 1.82) is 0 Å². The van der Waals surface area contributed by atoms with E-state index in [9.17, 15) is 0 Å². The minimum Gasteiger partial charge on any atom is -0.347 e. The molecule has 0 saturated heterocycles. The molecule has 0 amide bonds. The predicted octanol–water partition coefficient (Wildman–Crippen LogP) is 4.85. The van der Waals surface area contributed by atoms with Gasteiger partial charge in [0.1, 0.15) is 11.2 Å². The van der Waals surface area contributed by atoms with Crippen LogP contribution in [0.15, 0.2) is 90.6 Å². The minimum absolute atomic E-state index is 0.416. The molecule has 1 N–H and O–H groups in total. The highest BCUT2D eigenvalue weighted by atomic mass is 32.1. The number of imidazole rings is 1. The third-order valence-electron chi connectivity index (χ3n) is 4.16. The normalized spacial score (nSPS) is 11.5. The molecule has 4 rings (SSSR count). The summed E-state index contributed by atoms with van der Waals surface area (Å²) in [4.78, 5) is 9.26. The first-order chi connectivity index (χ1) is 11.4. The summed E-state index contributed by atoms with van der Waals surface area (Å²) < 4.78 is 0. The molecule has 0 aliphatic carbocycles. The van der Waals surface area contributed by atoms with E-state index < -0.39 is 5.41 Å². The van der Waals surface area contributed by atoms with Crippen LogP contribution in [0.5, 0.6) is 0 Å². The average molecular weight is 316 g/mol. The lowest BCUT2D eigenvalue weighted by Crippen LogP contribution is -2.31. The number of H-pyrrole nitrogens is 1. The van der Waals surface area contributed by atoms with E-state index in [0.717, 1.165) is 5.82 Å². The zero-order valence-corrected chi connectivity index (χ0v) is 13.3. The van der Waals surface area contributed by atoms with E-state index >= 15 is 0 Å². The second-order valence-corrected chi connectivity index (χ2v) is 6.34. The highest BCUT2D eigenvalue weighted by Crippen LogP contribution is 2.45. The van der Waals surface area contributed by atoms with Crippen molar-refractivity contribution in [3.63, 3.8) is 0 Å². The van der Waals surface area contributed by atoms with Gasteiger partial charge >= 0.3 is 0 Å². The molecule has 0 spiro atoms. The monoisotopic (exact) mass is 316 g/mol. The zero-order chi connectivity index (χ0) is 15.5. The van der Waals surface area contributed by atoms with Crippen molar-refractivity contribution in [2.24, 2.45) is 0 Å². The van der Waals surface area contributed by atoms with Gasteiger partial charge in [0.15, 0.2) is 0 Å². The molecule has 0 bridgehead atoms. The van der Waals surface area contributed by atoms with Gasteiger partial charge in [-0.15, -0.1) is 11.3 Å². The molecule has 0 saturated carbocycles. The SMILES string of the molecule is c1ccc(C(c2ccccc2)(c2ncc[nH]2)c2cccs2)cc1. The number of thiophene rings is 1. The van der Waals surface area contributed by atoms with Crippen LogP contribution in [0.4, 0.5) is 0 Å². The molecular formula is C20H16N2S. The number of hydrogen-bond acceptors (Lipinski definition) is 2. The molecule has 0 atom stereocenters. The van der Waals surface area contributed by atoms with Crippen LogP contribution >= 0.6 is 11.3 Å². The number of benzene rings is 2. The van der Waals surface area contributed by atoms with Crippen LogP contribution in [0.25, 0.3) is 0 Å². The van der Waals surface area contributed by atoms with E-state index in [1.807, 2.05) is 12.4 Å². The molecule has 0 aliphatic rings. The van der Waals surface area contributed by atoms with Gasteiger partial charge in [0, 0.05) is 17.3 Å². The molecule has 2 aromatic heterocycles. The van der Waals surface area contributed by atoms with Crippen molar-refractivity contribution in [1.82, 2.24) is 9.97 Å². The van der Waals surface area contributed by atoms with Gasteiger partial charge in [-0.1, -0.05) is 66.7 Å². The quantitative estimate of drug-likeness (QED) is 0.572. The summed E-state index contributed by atoms with van der Waals surface area (Å²) in [6.07, 6.45) is 3.72. The fourth-order valence-corrected chi connectivity index (χ4v) is 4.15. The summed E-state index contributed by atoms with van der Waals surface area (Å²) in [5.41, 5.74) is 2.01. The van der Waals surface area contributed by atoms with E-state index in [2.05, 4.69) is 88.1 Å². The maximum Gasteiger partial charge on any atom is 0.126 e. The Labute approximate surface area is 139 Å². The molecule has 23 heavy (non-hydrogen) atoms. The lowest BCUT2D eigenvalue weighted by atomic mass is 9.72. The Kier molecular flexibility index (Phi) is 3.56. The van der Waals surface area contributed by atoms with E-state index in [0.29, 0.717) is 0 Å². The largest absolute Gasteiger partial charge is 0.347 e. The molecule has 0 fully saturated rings. The van der Waals surface area contributed by atoms with Crippen LogP contribution < -0.4 is 0 Å². The Balaban J connectivity index is 2.11. The maximum absolute atomic E-state index is 4.65. The van der Waals surface area contributed by atoms with E-state index in [4.69, 9.17) is 0 Å². The Morgan fingerprint density at radius 2 is 1.43 bits per heavy atom. The van der Waals surface area contributed by atoms with Crippen LogP contribution in [-0.2, 0) is 5.41 Å². The minimum atomic E-state index is -0.416. The fraction of sp³-hybridized carbons (Fsp3) is 0.0500. The highest BCUT2D eigenvalue weighted by molar-refractivity contribution is 7.10. The van der Waals surface area contributed by atoms with Crippen LogP contribution in [0.3, 0.4) is 0 Å². The van der Waals surface area contributed by atoms with Gasteiger partial charge < -0.3 is 4.98 Å². The molecule has 3 heteroatoms. The molecule has 4 aromatic rings. The number of hydrogen-bond donors (Lipinski definition) is 1. The van der Waals surface area contributed by atoms with Gasteiger partial charge in [-0.3, -0.25) is 0 Å². The second-order valence-electron chi connectivity index (χ2n) is 5.40. The number of aromatic nitrogens is 2. The van der Waals surface area contributed by atoms with Gasteiger partial charge in [0.25, 0.3) is 0 Å². The third-order valence-corrected chi connectivity index (χ3v) is 5.15. The lowest BCUT2D eigenvalue weighted by Gasteiger charge is -2.32. The summed E-state index contributed by atoms with van der Waals surface area (Å²) in [7, 11) is 0. The van der Waals surface area contributed by atoms with Gasteiger partial charge in [0.05, 0.1) is 0 Å². The summed E-state index contributed by atoms with van der Waals surface area (Å²) in [6, 6.07) is 25.4. The zero-order valence-electron chi connectivity index (χ0n) is 12.5. The molecule has 0 aliphatic heterocycles. The van der Waals surface area contributed by atoms with Gasteiger partial charge in [0.2, 0.25) is 0 Å². The predicted molar refractivity (Wildman–Crippen MR) is 94.8 cm³/mol. The van der Waals surface area contributed by atoms with Crippen LogP contribution in [0.2, 0.25) is 0 Å². The summed E-state index contributed by atoms with van der Waals surface area (Å²) >= 11 is 1.76. The topological polar surface area (TPSA) is 28.7 Å². The van der Waals surface area contributed by atoms with Crippen molar-refractivity contribution in [3.05, 3.63) is 112 Å². The molecule has 2 heterocycles. The number of nitrogens with zero attached hydrogens (tertiary/aromatic N) is 1. The summed E-state index contributed by atoms with van der Waals surface area (Å²) in [5, 5.41) is 2.12. The third kappa shape index (κ3) is 2.21. The number of rotatable bonds is 4. The van der Waals surface area contributed by atoms with Crippen molar-refractivity contribution >= 4 is 11.3 Å². The Morgan fingerprint density at radius 1 is 0.783 bits per heavy atom. The van der Waals surface area contributed by atoms with Crippen molar-refractivity contribution in [2.45, 2.75) is 5.41 Å². The van der Waals surface area contributed by atoms with Crippen molar-refractivity contribution in [3.8, 4) is 0 Å². The fourth-order valence-electron chi connectivity index (χ4n) is 3.18. The highest BCUT2D eigenvalue weighted by Gasteiger charge is 2.41. The molecule has 0 unspecified atom stereocenters. The van der Waals surface area contributed by atoms with Gasteiger partial charge in [-0.05, 0) is 22.6 Å². The van der Waals surface area contributed by atoms with E-state index in [1.165, 1.54) is 16.0 Å². The Hall–Kier alpha value is -2.65. The van der Waals surface area contributed by atoms with Crippen molar-refractivity contribution < 1.29 is 0 Å². The molecular weight excluding hydrogens is 300 g/mol. The smallest absolute Gasteiger partial charge is 0.126 e. The van der Waals surface area contributed by atoms with Crippen LogP contribution in [0, 0.1) is 0 Å². The van der Waals surface area contributed by atoms with Crippen LogP contribution in [0.1, 0.15) is 21.8 Å². The lowest BCUT2D eigenvalue weighted by molar-refractivity contribution is 0.706. The Morgan fingerprint density at radius 3 is 1.91 bits per heavy atom. The summed E-state index contributed by atoms with van der Waals surface area (Å²) in [6.45, 7) is 0.